The van der Waals surface area contributed by atoms with Crippen LogP contribution >= 0.6 is 11.5 Å². The van der Waals surface area contributed by atoms with Crippen LogP contribution in [0.1, 0.15) is 32.3 Å². The summed E-state index contributed by atoms with van der Waals surface area (Å²) < 4.78 is 4.03. The van der Waals surface area contributed by atoms with Crippen LogP contribution in [-0.4, -0.2) is 22.9 Å². The van der Waals surface area contributed by atoms with Crippen LogP contribution in [0, 0.1) is 6.92 Å². The Kier molecular flexibility index (Phi) is 5.21. The van der Waals surface area contributed by atoms with E-state index in [9.17, 15) is 4.79 Å². The Labute approximate surface area is 106 Å². The van der Waals surface area contributed by atoms with Gasteiger partial charge in [-0.25, -0.2) is 0 Å². The van der Waals surface area contributed by atoms with Crippen molar-refractivity contribution < 1.29 is 4.79 Å². The predicted molar refractivity (Wildman–Crippen MR) is 72.3 cm³/mol. The van der Waals surface area contributed by atoms with Gasteiger partial charge >= 0.3 is 0 Å². The van der Waals surface area contributed by atoms with Gasteiger partial charge in [-0.2, -0.15) is 4.37 Å². The maximum absolute atomic E-state index is 11.5. The molecule has 0 spiro atoms. The number of nitrogens with one attached hydrogen (secondary N) is 2. The molecule has 0 aromatic carbocycles. The second kappa shape index (κ2) is 6.44. The predicted octanol–water partition coefficient (Wildman–Crippen LogP) is 1.75. The fraction of sp³-hybridized carbons (Fsp3) is 0.636. The van der Waals surface area contributed by atoms with E-state index in [0.29, 0.717) is 18.8 Å². The number of rotatable bonds is 6. The van der Waals surface area contributed by atoms with Crippen molar-refractivity contribution in [3.63, 3.8) is 0 Å². The smallest absolute Gasteiger partial charge is 0.221 e. The van der Waals surface area contributed by atoms with Crippen LogP contribution in [0.15, 0.2) is 0 Å². The maximum Gasteiger partial charge on any atom is 0.221 e. The molecule has 0 radical (unpaired) electrons. The molecular weight excluding hydrogens is 236 g/mol. The molecule has 1 atom stereocenters. The van der Waals surface area contributed by atoms with Gasteiger partial charge in [-0.1, -0.05) is 6.92 Å². The first-order valence-electron chi connectivity index (χ1n) is 5.79. The van der Waals surface area contributed by atoms with Gasteiger partial charge in [0.25, 0.3) is 0 Å². The first-order chi connectivity index (χ1) is 8.04. The minimum atomic E-state index is 0.0713. The molecule has 0 aliphatic rings. The topological polar surface area (TPSA) is 80.0 Å². The summed E-state index contributed by atoms with van der Waals surface area (Å²) in [5, 5.41) is 7.03. The summed E-state index contributed by atoms with van der Waals surface area (Å²) >= 11 is 1.33. The summed E-state index contributed by atoms with van der Waals surface area (Å²) in [5.41, 5.74) is 6.59. The van der Waals surface area contributed by atoms with Crippen LogP contribution in [0.5, 0.6) is 0 Å². The summed E-state index contributed by atoms with van der Waals surface area (Å²) in [6.45, 7) is 6.57. The lowest BCUT2D eigenvalue weighted by molar-refractivity contribution is -0.121. The van der Waals surface area contributed by atoms with E-state index in [-0.39, 0.29) is 11.9 Å². The second-order valence-electron chi connectivity index (χ2n) is 4.08. The number of carbonyl (C=O) groups is 1. The quantitative estimate of drug-likeness (QED) is 0.724. The molecule has 0 saturated heterocycles. The number of carbonyl (C=O) groups excluding carboxylic acids is 1. The lowest BCUT2D eigenvalue weighted by Gasteiger charge is -2.11. The summed E-state index contributed by atoms with van der Waals surface area (Å²) in [7, 11) is 0. The lowest BCUT2D eigenvalue weighted by Crippen LogP contribution is -2.32. The van der Waals surface area contributed by atoms with Crippen LogP contribution in [-0.2, 0) is 4.79 Å². The standard InChI is InChI=1S/C11H20N4OS/c1-4-7(2)14-9(16)5-6-13-11-8(3)10(12)15-17-11/h7,13H,4-6H2,1-3H3,(H2,12,15)(H,14,16). The SMILES string of the molecule is CCC(C)NC(=O)CCNc1snc(N)c1C. The van der Waals surface area contributed by atoms with E-state index in [2.05, 4.69) is 15.0 Å². The Hall–Kier alpha value is -1.30. The number of hydrogen-bond donors (Lipinski definition) is 3. The molecule has 1 aromatic rings. The Morgan fingerprint density at radius 2 is 2.29 bits per heavy atom. The first-order valence-corrected chi connectivity index (χ1v) is 6.56. The van der Waals surface area contributed by atoms with Crippen LogP contribution < -0.4 is 16.4 Å². The zero-order valence-electron chi connectivity index (χ0n) is 10.5. The van der Waals surface area contributed by atoms with Gasteiger partial charge in [0.2, 0.25) is 5.91 Å². The van der Waals surface area contributed by atoms with Crippen molar-refractivity contribution >= 4 is 28.3 Å². The van der Waals surface area contributed by atoms with E-state index >= 15 is 0 Å². The van der Waals surface area contributed by atoms with Crippen molar-refractivity contribution in [1.82, 2.24) is 9.69 Å². The first kappa shape index (κ1) is 13.8. The highest BCUT2D eigenvalue weighted by atomic mass is 32.1. The van der Waals surface area contributed by atoms with E-state index in [4.69, 9.17) is 5.73 Å². The molecule has 17 heavy (non-hydrogen) atoms. The molecule has 0 aliphatic carbocycles. The molecule has 1 amide bonds. The van der Waals surface area contributed by atoms with Gasteiger partial charge in [-0.15, -0.1) is 0 Å². The van der Waals surface area contributed by atoms with Gasteiger partial charge in [0.15, 0.2) is 0 Å². The number of anilines is 2. The Morgan fingerprint density at radius 3 is 2.82 bits per heavy atom. The third-order valence-corrected chi connectivity index (χ3v) is 3.54. The molecular formula is C11H20N4OS. The van der Waals surface area contributed by atoms with E-state index in [0.717, 1.165) is 17.0 Å². The Morgan fingerprint density at radius 1 is 1.59 bits per heavy atom. The van der Waals surface area contributed by atoms with Gasteiger partial charge in [-0.05, 0) is 31.8 Å². The highest BCUT2D eigenvalue weighted by molar-refractivity contribution is 7.10. The number of nitrogens with zero attached hydrogens (tertiary/aromatic N) is 1. The number of nitrogen functional groups attached to an aromatic ring is 1. The molecule has 1 aromatic heterocycles. The van der Waals surface area contributed by atoms with E-state index in [1.165, 1.54) is 11.5 Å². The van der Waals surface area contributed by atoms with Crippen LogP contribution in [0.3, 0.4) is 0 Å². The summed E-state index contributed by atoms with van der Waals surface area (Å²) in [4.78, 5) is 11.5. The van der Waals surface area contributed by atoms with E-state index in [1.807, 2.05) is 20.8 Å². The second-order valence-corrected chi connectivity index (χ2v) is 4.85. The zero-order chi connectivity index (χ0) is 12.8. The van der Waals surface area contributed by atoms with Gasteiger partial charge in [-0.3, -0.25) is 4.79 Å². The van der Waals surface area contributed by atoms with E-state index in [1.54, 1.807) is 0 Å². The molecule has 5 nitrogen and oxygen atoms in total. The van der Waals surface area contributed by atoms with Crippen LogP contribution in [0.4, 0.5) is 10.8 Å². The Balaban J connectivity index is 2.28. The molecule has 4 N–H and O–H groups in total. The normalized spacial score (nSPS) is 12.2. The molecule has 1 unspecified atom stereocenters. The average molecular weight is 256 g/mol. The fourth-order valence-corrected chi connectivity index (χ4v) is 1.99. The summed E-state index contributed by atoms with van der Waals surface area (Å²) in [6.07, 6.45) is 1.41. The molecule has 1 heterocycles. The van der Waals surface area contributed by atoms with Crippen molar-refractivity contribution in [2.24, 2.45) is 0 Å². The van der Waals surface area contributed by atoms with Gasteiger partial charge in [0, 0.05) is 24.6 Å². The number of aromatic nitrogens is 1. The van der Waals surface area contributed by atoms with Crippen LogP contribution in [0.2, 0.25) is 0 Å². The molecule has 0 aliphatic heterocycles. The van der Waals surface area contributed by atoms with Crippen molar-refractivity contribution in [2.45, 2.75) is 39.7 Å². The van der Waals surface area contributed by atoms with Crippen molar-refractivity contribution in [1.29, 1.82) is 0 Å². The van der Waals surface area contributed by atoms with Gasteiger partial charge in [0.05, 0.1) is 0 Å². The zero-order valence-corrected chi connectivity index (χ0v) is 11.4. The lowest BCUT2D eigenvalue weighted by atomic mass is 10.2. The highest BCUT2D eigenvalue weighted by Gasteiger charge is 2.08. The van der Waals surface area contributed by atoms with Crippen molar-refractivity contribution in [3.05, 3.63) is 5.56 Å². The third-order valence-electron chi connectivity index (χ3n) is 2.62. The molecule has 0 saturated carbocycles. The molecule has 0 bridgehead atoms. The van der Waals surface area contributed by atoms with Crippen LogP contribution in [0.25, 0.3) is 0 Å². The van der Waals surface area contributed by atoms with E-state index < -0.39 is 0 Å². The van der Waals surface area contributed by atoms with Gasteiger partial charge < -0.3 is 16.4 Å². The molecule has 96 valence electrons. The molecule has 6 heteroatoms. The fourth-order valence-electron chi connectivity index (χ4n) is 1.25. The largest absolute Gasteiger partial charge is 0.383 e. The number of amides is 1. The number of nitrogens with two attached hydrogens (primary N) is 1. The Bertz CT molecular complexity index is 378. The third kappa shape index (κ3) is 4.22. The van der Waals surface area contributed by atoms with Gasteiger partial charge in [0.1, 0.15) is 10.8 Å². The summed E-state index contributed by atoms with van der Waals surface area (Å²) in [6, 6.07) is 0.239. The van der Waals surface area contributed by atoms with Crippen molar-refractivity contribution in [3.8, 4) is 0 Å². The highest BCUT2D eigenvalue weighted by Crippen LogP contribution is 2.24. The number of hydrogen-bond acceptors (Lipinski definition) is 5. The average Bonchev–Trinajstić information content (AvgIpc) is 2.60. The summed E-state index contributed by atoms with van der Waals surface area (Å²) in [5.74, 6) is 0.628. The maximum atomic E-state index is 11.5. The molecule has 0 fully saturated rings. The van der Waals surface area contributed by atoms with Crippen molar-refractivity contribution in [2.75, 3.05) is 17.6 Å². The molecule has 1 rings (SSSR count). The minimum absolute atomic E-state index is 0.0713. The minimum Gasteiger partial charge on any atom is -0.383 e. The monoisotopic (exact) mass is 256 g/mol.